The van der Waals surface area contributed by atoms with Gasteiger partial charge in [0.25, 0.3) is 5.91 Å². The number of anilines is 3. The van der Waals surface area contributed by atoms with Crippen LogP contribution in [0.25, 0.3) is 0 Å². The summed E-state index contributed by atoms with van der Waals surface area (Å²) in [5, 5.41) is 3.09. The molecule has 1 unspecified atom stereocenters. The lowest BCUT2D eigenvalue weighted by Gasteiger charge is -2.51. The van der Waals surface area contributed by atoms with Crippen LogP contribution in [0.1, 0.15) is 23.1 Å². The molecule has 0 spiro atoms. The number of para-hydroxylation sites is 2. The van der Waals surface area contributed by atoms with Crippen LogP contribution in [0.2, 0.25) is 0 Å². The third-order valence-corrected chi connectivity index (χ3v) is 6.02. The monoisotopic (exact) mass is 413 g/mol. The standard InChI is InChI=1S/C26H27N3O2/c1-18-9-5-7-11-22(18)27-25(31)26(20-13-15-21(16-14-20)28(3)4)17-24(30)29(26)23-12-8-6-10-19(23)2/h5-16H,17H2,1-4H3,(H,27,31). The first-order valence-corrected chi connectivity index (χ1v) is 10.4. The highest BCUT2D eigenvalue weighted by Gasteiger charge is 2.58. The van der Waals surface area contributed by atoms with Gasteiger partial charge >= 0.3 is 0 Å². The fraction of sp³-hybridized carbons (Fsp3) is 0.231. The maximum Gasteiger partial charge on any atom is 0.255 e. The number of amides is 2. The lowest BCUT2D eigenvalue weighted by molar-refractivity contribution is -0.137. The van der Waals surface area contributed by atoms with Gasteiger partial charge in [-0.15, -0.1) is 0 Å². The Balaban J connectivity index is 1.83. The van der Waals surface area contributed by atoms with Crippen molar-refractivity contribution in [1.29, 1.82) is 0 Å². The first-order chi connectivity index (χ1) is 14.8. The van der Waals surface area contributed by atoms with E-state index in [-0.39, 0.29) is 18.2 Å². The molecule has 3 aromatic carbocycles. The van der Waals surface area contributed by atoms with E-state index in [1.165, 1.54) is 0 Å². The van der Waals surface area contributed by atoms with Crippen LogP contribution in [0, 0.1) is 13.8 Å². The van der Waals surface area contributed by atoms with E-state index in [9.17, 15) is 9.59 Å². The predicted octanol–water partition coefficient (Wildman–Crippen LogP) is 4.64. The Hall–Kier alpha value is -3.60. The van der Waals surface area contributed by atoms with Gasteiger partial charge in [-0.2, -0.15) is 0 Å². The van der Waals surface area contributed by atoms with E-state index >= 15 is 0 Å². The summed E-state index contributed by atoms with van der Waals surface area (Å²) in [6, 6.07) is 23.2. The molecule has 1 N–H and O–H groups in total. The molecule has 1 atom stereocenters. The molecule has 0 radical (unpaired) electrons. The van der Waals surface area contributed by atoms with Gasteiger partial charge in [0.15, 0.2) is 5.54 Å². The molecule has 0 bridgehead atoms. The SMILES string of the molecule is Cc1ccccc1NC(=O)C1(c2ccc(N(C)C)cc2)CC(=O)N1c1ccccc1C. The Bertz CT molecular complexity index is 1140. The smallest absolute Gasteiger partial charge is 0.255 e. The second-order valence-corrected chi connectivity index (χ2v) is 8.26. The number of aryl methyl sites for hydroxylation is 2. The fourth-order valence-corrected chi connectivity index (χ4v) is 4.17. The minimum atomic E-state index is -1.10. The summed E-state index contributed by atoms with van der Waals surface area (Å²) in [7, 11) is 3.95. The summed E-state index contributed by atoms with van der Waals surface area (Å²) >= 11 is 0. The highest BCUT2D eigenvalue weighted by atomic mass is 16.2. The molecular weight excluding hydrogens is 386 g/mol. The van der Waals surface area contributed by atoms with Crippen LogP contribution in [-0.4, -0.2) is 25.9 Å². The number of nitrogens with zero attached hydrogens (tertiary/aromatic N) is 2. The Kier molecular flexibility index (Phi) is 5.27. The second kappa shape index (κ2) is 7.91. The lowest BCUT2D eigenvalue weighted by Crippen LogP contribution is -2.67. The Labute approximate surface area is 183 Å². The topological polar surface area (TPSA) is 52.7 Å². The number of β-lactam (4-membered cyclic amide) rings is 1. The Morgan fingerprint density at radius 1 is 0.903 bits per heavy atom. The van der Waals surface area contributed by atoms with Gasteiger partial charge in [0.05, 0.1) is 6.42 Å². The molecule has 1 saturated heterocycles. The molecule has 1 fully saturated rings. The zero-order valence-corrected chi connectivity index (χ0v) is 18.3. The van der Waals surface area contributed by atoms with Crippen LogP contribution < -0.4 is 15.1 Å². The van der Waals surface area contributed by atoms with Crippen LogP contribution in [0.5, 0.6) is 0 Å². The first-order valence-electron chi connectivity index (χ1n) is 10.4. The maximum atomic E-state index is 13.8. The van der Waals surface area contributed by atoms with Crippen LogP contribution >= 0.6 is 0 Å². The molecule has 1 heterocycles. The van der Waals surface area contributed by atoms with Crippen LogP contribution in [0.3, 0.4) is 0 Å². The third-order valence-electron chi connectivity index (χ3n) is 6.02. The molecule has 0 aliphatic carbocycles. The first kappa shape index (κ1) is 20.7. The number of carbonyl (C=O) groups excluding carboxylic acids is 2. The van der Waals surface area contributed by atoms with Crippen molar-refractivity contribution in [2.75, 3.05) is 29.2 Å². The average Bonchev–Trinajstić information content (AvgIpc) is 2.75. The fourth-order valence-electron chi connectivity index (χ4n) is 4.17. The molecule has 4 rings (SSSR count). The van der Waals surface area contributed by atoms with Crippen molar-refractivity contribution in [2.24, 2.45) is 0 Å². The van der Waals surface area contributed by atoms with E-state index < -0.39 is 5.54 Å². The van der Waals surface area contributed by atoms with Crippen LogP contribution in [0.15, 0.2) is 72.8 Å². The number of carbonyl (C=O) groups is 2. The number of hydrogen-bond acceptors (Lipinski definition) is 3. The Morgan fingerprint density at radius 2 is 1.52 bits per heavy atom. The van der Waals surface area contributed by atoms with Gasteiger partial charge in [-0.25, -0.2) is 0 Å². The van der Waals surface area contributed by atoms with Crippen molar-refractivity contribution in [1.82, 2.24) is 0 Å². The van der Waals surface area contributed by atoms with E-state index in [4.69, 9.17) is 0 Å². The Morgan fingerprint density at radius 3 is 2.10 bits per heavy atom. The molecule has 5 heteroatoms. The second-order valence-electron chi connectivity index (χ2n) is 8.26. The van der Waals surface area contributed by atoms with Crippen molar-refractivity contribution in [3.63, 3.8) is 0 Å². The van der Waals surface area contributed by atoms with Crippen LogP contribution in [0.4, 0.5) is 17.1 Å². The van der Waals surface area contributed by atoms with E-state index in [0.717, 1.165) is 33.8 Å². The van der Waals surface area contributed by atoms with Crippen molar-refractivity contribution in [2.45, 2.75) is 25.8 Å². The molecular formula is C26H27N3O2. The van der Waals surface area contributed by atoms with Crippen LogP contribution in [-0.2, 0) is 15.1 Å². The predicted molar refractivity (Wildman–Crippen MR) is 126 cm³/mol. The summed E-state index contributed by atoms with van der Waals surface area (Å²) in [6.07, 6.45) is 0.125. The van der Waals surface area contributed by atoms with Crippen molar-refractivity contribution in [3.05, 3.63) is 89.5 Å². The van der Waals surface area contributed by atoms with Crippen molar-refractivity contribution >= 4 is 28.9 Å². The third kappa shape index (κ3) is 3.46. The number of hydrogen-bond donors (Lipinski definition) is 1. The molecule has 1 aliphatic heterocycles. The van der Waals surface area contributed by atoms with E-state index in [1.54, 1.807) is 4.90 Å². The molecule has 158 valence electrons. The summed E-state index contributed by atoms with van der Waals surface area (Å²) in [5.41, 5.74) is 4.17. The van der Waals surface area contributed by atoms with Gasteiger partial charge in [0.2, 0.25) is 5.91 Å². The molecule has 3 aromatic rings. The van der Waals surface area contributed by atoms with Crippen molar-refractivity contribution < 1.29 is 9.59 Å². The highest BCUT2D eigenvalue weighted by Crippen LogP contribution is 2.47. The van der Waals surface area contributed by atoms with Gasteiger partial charge in [0, 0.05) is 31.2 Å². The van der Waals surface area contributed by atoms with Gasteiger partial charge < -0.3 is 10.2 Å². The number of nitrogens with one attached hydrogen (secondary N) is 1. The highest BCUT2D eigenvalue weighted by molar-refractivity contribution is 6.17. The van der Waals surface area contributed by atoms with E-state index in [2.05, 4.69) is 5.32 Å². The lowest BCUT2D eigenvalue weighted by atomic mass is 9.75. The van der Waals surface area contributed by atoms with Gasteiger partial charge in [-0.1, -0.05) is 48.5 Å². The number of rotatable bonds is 5. The quantitative estimate of drug-likeness (QED) is 0.620. The zero-order chi connectivity index (χ0) is 22.2. The summed E-state index contributed by atoms with van der Waals surface area (Å²) in [4.78, 5) is 30.4. The summed E-state index contributed by atoms with van der Waals surface area (Å²) in [5.74, 6) is -0.270. The van der Waals surface area contributed by atoms with E-state index in [1.807, 2.05) is 106 Å². The molecule has 0 aromatic heterocycles. The largest absolute Gasteiger partial charge is 0.378 e. The van der Waals surface area contributed by atoms with E-state index in [0.29, 0.717) is 0 Å². The summed E-state index contributed by atoms with van der Waals surface area (Å²) in [6.45, 7) is 3.92. The average molecular weight is 414 g/mol. The maximum absolute atomic E-state index is 13.8. The number of benzene rings is 3. The van der Waals surface area contributed by atoms with Gasteiger partial charge in [-0.05, 0) is 54.8 Å². The van der Waals surface area contributed by atoms with Gasteiger partial charge in [-0.3, -0.25) is 14.5 Å². The summed E-state index contributed by atoms with van der Waals surface area (Å²) < 4.78 is 0. The normalized spacial score (nSPS) is 17.8. The molecule has 1 aliphatic rings. The molecule has 2 amide bonds. The minimum Gasteiger partial charge on any atom is -0.378 e. The molecule has 31 heavy (non-hydrogen) atoms. The molecule has 0 saturated carbocycles. The van der Waals surface area contributed by atoms with Crippen molar-refractivity contribution in [3.8, 4) is 0 Å². The molecule has 5 nitrogen and oxygen atoms in total. The minimum absolute atomic E-state index is 0.0640. The van der Waals surface area contributed by atoms with Gasteiger partial charge in [0.1, 0.15) is 0 Å². The zero-order valence-electron chi connectivity index (χ0n) is 18.3.